The third kappa shape index (κ3) is 5.26. The Morgan fingerprint density at radius 1 is 1.09 bits per heavy atom. The van der Waals surface area contributed by atoms with Gasteiger partial charge in [-0.05, 0) is 60.3 Å². The first-order chi connectivity index (χ1) is 16.5. The maximum absolute atomic E-state index is 13.1. The fraction of sp³-hybridized carbons (Fsp3) is 0.280. The molecular formula is C25H27N5O5. The second-order valence-electron chi connectivity index (χ2n) is 9.00. The Hall–Kier alpha value is -4.34. The van der Waals surface area contributed by atoms with E-state index in [4.69, 9.17) is 0 Å². The normalized spacial score (nSPS) is 11.8. The molecule has 0 fully saturated rings. The summed E-state index contributed by atoms with van der Waals surface area (Å²) in [5.41, 5.74) is 4.84. The van der Waals surface area contributed by atoms with E-state index in [1.807, 2.05) is 24.3 Å². The molecule has 0 spiro atoms. The molecule has 10 heteroatoms. The van der Waals surface area contributed by atoms with Crippen LogP contribution in [-0.2, 0) is 10.2 Å². The molecule has 182 valence electrons. The van der Waals surface area contributed by atoms with Crippen molar-refractivity contribution in [2.45, 2.75) is 40.0 Å². The molecule has 2 N–H and O–H groups in total. The molecule has 0 aliphatic heterocycles. The highest BCUT2D eigenvalue weighted by atomic mass is 16.5. The SMILES string of the molecule is COC(=O)c1ccc(C(=O)NN=C(C)c2c(C)[nH]n(-c3ccc(C(C)(C)C)cc3)c2=O)cc1N=O. The molecule has 0 saturated heterocycles. The fourth-order valence-corrected chi connectivity index (χ4v) is 3.55. The number of carbonyl (C=O) groups is 2. The number of rotatable bonds is 6. The van der Waals surface area contributed by atoms with Gasteiger partial charge in [0.2, 0.25) is 0 Å². The lowest BCUT2D eigenvalue weighted by Crippen LogP contribution is -2.23. The molecule has 2 aromatic carbocycles. The summed E-state index contributed by atoms with van der Waals surface area (Å²) >= 11 is 0. The summed E-state index contributed by atoms with van der Waals surface area (Å²) in [7, 11) is 1.17. The lowest BCUT2D eigenvalue weighted by atomic mass is 9.87. The molecule has 0 atom stereocenters. The van der Waals surface area contributed by atoms with Gasteiger partial charge >= 0.3 is 5.97 Å². The van der Waals surface area contributed by atoms with Gasteiger partial charge in [0.1, 0.15) is 5.69 Å². The molecule has 0 aliphatic rings. The van der Waals surface area contributed by atoms with Crippen LogP contribution in [0, 0.1) is 11.8 Å². The van der Waals surface area contributed by atoms with Crippen LogP contribution in [0.15, 0.2) is 57.5 Å². The molecule has 0 bridgehead atoms. The van der Waals surface area contributed by atoms with Crippen LogP contribution in [-0.4, -0.2) is 34.5 Å². The number of H-pyrrole nitrogens is 1. The zero-order valence-electron chi connectivity index (χ0n) is 20.4. The monoisotopic (exact) mass is 477 g/mol. The zero-order chi connectivity index (χ0) is 25.9. The van der Waals surface area contributed by atoms with Crippen LogP contribution in [0.2, 0.25) is 0 Å². The number of hydrogen-bond donors (Lipinski definition) is 2. The van der Waals surface area contributed by atoms with Gasteiger partial charge in [-0.1, -0.05) is 32.9 Å². The van der Waals surface area contributed by atoms with Gasteiger partial charge in [0, 0.05) is 11.3 Å². The van der Waals surface area contributed by atoms with E-state index in [2.05, 4.69) is 46.3 Å². The highest BCUT2D eigenvalue weighted by molar-refractivity contribution is 6.02. The Balaban J connectivity index is 1.85. The molecule has 0 aliphatic carbocycles. The van der Waals surface area contributed by atoms with Gasteiger partial charge in [0.15, 0.2) is 0 Å². The molecule has 0 radical (unpaired) electrons. The quantitative estimate of drug-likeness (QED) is 0.238. The molecule has 3 rings (SSSR count). The first-order valence-corrected chi connectivity index (χ1v) is 10.8. The second-order valence-corrected chi connectivity index (χ2v) is 9.00. The highest BCUT2D eigenvalue weighted by Gasteiger charge is 2.19. The number of nitroso groups, excluding NO2 is 1. The topological polar surface area (TPSA) is 135 Å². The number of methoxy groups -OCH3 is 1. The summed E-state index contributed by atoms with van der Waals surface area (Å²) in [6.07, 6.45) is 0. The maximum Gasteiger partial charge on any atom is 0.340 e. The second kappa shape index (κ2) is 9.88. The Morgan fingerprint density at radius 2 is 1.74 bits per heavy atom. The van der Waals surface area contributed by atoms with Gasteiger partial charge < -0.3 is 4.74 Å². The number of nitrogens with one attached hydrogen (secondary N) is 2. The molecular weight excluding hydrogens is 450 g/mol. The lowest BCUT2D eigenvalue weighted by molar-refractivity contribution is 0.0601. The average molecular weight is 478 g/mol. The molecule has 0 saturated carbocycles. The number of aromatic nitrogens is 2. The lowest BCUT2D eigenvalue weighted by Gasteiger charge is -2.19. The van der Waals surface area contributed by atoms with Crippen molar-refractivity contribution in [3.63, 3.8) is 0 Å². The van der Waals surface area contributed by atoms with Crippen molar-refractivity contribution in [1.82, 2.24) is 15.2 Å². The number of benzene rings is 2. The number of ether oxygens (including phenoxy) is 1. The molecule has 3 aromatic rings. The predicted octanol–water partition coefficient (Wildman–Crippen LogP) is 4.11. The minimum Gasteiger partial charge on any atom is -0.465 e. The largest absolute Gasteiger partial charge is 0.465 e. The van der Waals surface area contributed by atoms with Crippen LogP contribution in [0.25, 0.3) is 5.69 Å². The Morgan fingerprint density at radius 3 is 2.31 bits per heavy atom. The Kier molecular flexibility index (Phi) is 7.14. The van der Waals surface area contributed by atoms with E-state index < -0.39 is 11.9 Å². The standard InChI is InChI=1S/C25H27N5O5/c1-14(26-27-22(31)16-7-12-19(24(33)35-6)20(13-16)29-34)21-15(2)28-30(23(21)32)18-10-8-17(9-11-18)25(3,4)5/h7-13,28H,1-6H3,(H,27,31). The fourth-order valence-electron chi connectivity index (χ4n) is 3.55. The van der Waals surface area contributed by atoms with E-state index in [-0.39, 0.29) is 27.8 Å². The molecule has 35 heavy (non-hydrogen) atoms. The summed E-state index contributed by atoms with van der Waals surface area (Å²) in [4.78, 5) is 48.4. The van der Waals surface area contributed by atoms with E-state index in [0.717, 1.165) is 11.6 Å². The number of aryl methyl sites for hydroxylation is 1. The number of aromatic amines is 1. The Labute approximate surface area is 202 Å². The molecule has 1 heterocycles. The summed E-state index contributed by atoms with van der Waals surface area (Å²) in [6.45, 7) is 9.68. The van der Waals surface area contributed by atoms with Crippen LogP contribution in [0.1, 0.15) is 65.2 Å². The van der Waals surface area contributed by atoms with Crippen LogP contribution >= 0.6 is 0 Å². The van der Waals surface area contributed by atoms with Gasteiger partial charge in [0.25, 0.3) is 11.5 Å². The summed E-state index contributed by atoms with van der Waals surface area (Å²) in [6, 6.07) is 11.5. The van der Waals surface area contributed by atoms with Crippen molar-refractivity contribution in [3.8, 4) is 5.69 Å². The predicted molar refractivity (Wildman–Crippen MR) is 133 cm³/mol. The van der Waals surface area contributed by atoms with Crippen molar-refractivity contribution in [1.29, 1.82) is 0 Å². The average Bonchev–Trinajstić information content (AvgIpc) is 3.14. The number of amides is 1. The summed E-state index contributed by atoms with van der Waals surface area (Å²) < 4.78 is 6.01. The van der Waals surface area contributed by atoms with Crippen molar-refractivity contribution in [2.75, 3.05) is 7.11 Å². The van der Waals surface area contributed by atoms with Gasteiger partial charge in [-0.25, -0.2) is 14.9 Å². The zero-order valence-corrected chi connectivity index (χ0v) is 20.4. The molecule has 1 amide bonds. The number of nitrogens with zero attached hydrogens (tertiary/aromatic N) is 3. The highest BCUT2D eigenvalue weighted by Crippen LogP contribution is 2.23. The number of hydrazone groups is 1. The van der Waals surface area contributed by atoms with Crippen molar-refractivity contribution < 1.29 is 14.3 Å². The van der Waals surface area contributed by atoms with E-state index in [1.54, 1.807) is 13.8 Å². The van der Waals surface area contributed by atoms with Crippen LogP contribution < -0.4 is 11.0 Å². The summed E-state index contributed by atoms with van der Waals surface area (Å²) in [5.74, 6) is -1.38. The van der Waals surface area contributed by atoms with Crippen molar-refractivity contribution in [2.24, 2.45) is 10.3 Å². The van der Waals surface area contributed by atoms with Gasteiger partial charge in [-0.15, -0.1) is 4.91 Å². The molecule has 1 aromatic heterocycles. The van der Waals surface area contributed by atoms with Crippen molar-refractivity contribution >= 4 is 23.3 Å². The number of esters is 1. The van der Waals surface area contributed by atoms with Gasteiger partial charge in [-0.3, -0.25) is 14.7 Å². The Bertz CT molecular complexity index is 1370. The first kappa shape index (κ1) is 25.3. The third-order valence-electron chi connectivity index (χ3n) is 5.51. The number of hydrogen-bond acceptors (Lipinski definition) is 7. The minimum atomic E-state index is -0.743. The third-order valence-corrected chi connectivity index (χ3v) is 5.51. The summed E-state index contributed by atoms with van der Waals surface area (Å²) in [5, 5.41) is 9.89. The molecule has 10 nitrogen and oxygen atoms in total. The van der Waals surface area contributed by atoms with E-state index in [1.165, 1.54) is 23.9 Å². The van der Waals surface area contributed by atoms with Crippen molar-refractivity contribution in [3.05, 3.63) is 85.7 Å². The van der Waals surface area contributed by atoms with Crippen LogP contribution in [0.3, 0.4) is 0 Å². The smallest absolute Gasteiger partial charge is 0.340 e. The van der Waals surface area contributed by atoms with Gasteiger partial charge in [0.05, 0.1) is 29.6 Å². The van der Waals surface area contributed by atoms with E-state index >= 15 is 0 Å². The van der Waals surface area contributed by atoms with Gasteiger partial charge in [-0.2, -0.15) is 5.10 Å². The van der Waals surface area contributed by atoms with Crippen LogP contribution in [0.5, 0.6) is 0 Å². The van der Waals surface area contributed by atoms with Crippen LogP contribution in [0.4, 0.5) is 5.69 Å². The minimum absolute atomic E-state index is 0.00999. The number of carbonyl (C=O) groups excluding carboxylic acids is 2. The van der Waals surface area contributed by atoms with E-state index in [0.29, 0.717) is 22.7 Å². The maximum atomic E-state index is 13.1. The molecule has 0 unspecified atom stereocenters. The van der Waals surface area contributed by atoms with E-state index in [9.17, 15) is 19.3 Å². The first-order valence-electron chi connectivity index (χ1n) is 10.8.